The summed E-state index contributed by atoms with van der Waals surface area (Å²) >= 11 is 0. The standard InChI is InChI=1S/C19H25N3O3/c1-13(23)21-8-6-15-10-16(2-5-18(15)21)20-19(24)22(17-3-4-17)11-14-7-9-25-12-14/h2,5,10,14,17H,3-4,6-9,11-12H2,1H3,(H,20,24)/t14-/m0/s1. The van der Waals surface area contributed by atoms with Crippen LogP contribution < -0.4 is 10.2 Å². The lowest BCUT2D eigenvalue weighted by atomic mass is 10.1. The quantitative estimate of drug-likeness (QED) is 0.914. The van der Waals surface area contributed by atoms with Crippen LogP contribution in [-0.2, 0) is 16.0 Å². The molecule has 2 fully saturated rings. The molecule has 0 unspecified atom stereocenters. The van der Waals surface area contributed by atoms with Crippen molar-refractivity contribution < 1.29 is 14.3 Å². The van der Waals surface area contributed by atoms with E-state index in [0.29, 0.717) is 12.0 Å². The Morgan fingerprint density at radius 3 is 2.84 bits per heavy atom. The van der Waals surface area contributed by atoms with Crippen molar-refractivity contribution in [3.63, 3.8) is 0 Å². The number of benzene rings is 1. The molecule has 3 aliphatic rings. The van der Waals surface area contributed by atoms with Crippen LogP contribution >= 0.6 is 0 Å². The highest BCUT2D eigenvalue weighted by Crippen LogP contribution is 2.32. The van der Waals surface area contributed by atoms with E-state index in [1.807, 2.05) is 23.1 Å². The Balaban J connectivity index is 1.44. The minimum Gasteiger partial charge on any atom is -0.381 e. The molecule has 6 heteroatoms. The van der Waals surface area contributed by atoms with Crippen LogP contribution in [0, 0.1) is 5.92 Å². The maximum absolute atomic E-state index is 12.8. The molecule has 1 saturated carbocycles. The van der Waals surface area contributed by atoms with E-state index in [0.717, 1.165) is 68.9 Å². The predicted molar refractivity (Wildman–Crippen MR) is 95.8 cm³/mol. The van der Waals surface area contributed by atoms with Crippen LogP contribution in [0.25, 0.3) is 0 Å². The molecule has 3 amide bonds. The number of nitrogens with one attached hydrogen (secondary N) is 1. The number of carbonyl (C=O) groups excluding carboxylic acids is 2. The largest absolute Gasteiger partial charge is 0.381 e. The Morgan fingerprint density at radius 1 is 1.32 bits per heavy atom. The van der Waals surface area contributed by atoms with E-state index in [9.17, 15) is 9.59 Å². The zero-order chi connectivity index (χ0) is 17.4. The van der Waals surface area contributed by atoms with E-state index >= 15 is 0 Å². The first-order valence-corrected chi connectivity index (χ1v) is 9.18. The lowest BCUT2D eigenvalue weighted by Gasteiger charge is -2.25. The Bertz CT molecular complexity index is 680. The molecule has 0 spiro atoms. The van der Waals surface area contributed by atoms with Crippen molar-refractivity contribution in [2.45, 2.75) is 38.6 Å². The molecule has 25 heavy (non-hydrogen) atoms. The molecule has 2 heterocycles. The smallest absolute Gasteiger partial charge is 0.322 e. The van der Waals surface area contributed by atoms with E-state index in [-0.39, 0.29) is 11.9 Å². The molecule has 0 bridgehead atoms. The van der Waals surface area contributed by atoms with Gasteiger partial charge < -0.3 is 19.9 Å². The second-order valence-electron chi connectivity index (χ2n) is 7.31. The Hall–Kier alpha value is -2.08. The van der Waals surface area contributed by atoms with E-state index in [1.54, 1.807) is 11.8 Å². The van der Waals surface area contributed by atoms with Gasteiger partial charge in [-0.05, 0) is 49.4 Å². The first kappa shape index (κ1) is 16.4. The third-order valence-corrected chi connectivity index (χ3v) is 5.33. The van der Waals surface area contributed by atoms with E-state index in [4.69, 9.17) is 4.74 Å². The molecule has 1 atom stereocenters. The van der Waals surface area contributed by atoms with E-state index in [1.165, 1.54) is 0 Å². The van der Waals surface area contributed by atoms with Crippen molar-refractivity contribution in [2.24, 2.45) is 5.92 Å². The molecule has 4 rings (SSSR count). The van der Waals surface area contributed by atoms with Crippen LogP contribution in [0.5, 0.6) is 0 Å². The molecule has 1 N–H and O–H groups in total. The summed E-state index contributed by atoms with van der Waals surface area (Å²) in [5.74, 6) is 0.518. The maximum atomic E-state index is 12.8. The van der Waals surface area contributed by atoms with Crippen LogP contribution in [0.1, 0.15) is 31.7 Å². The Labute approximate surface area is 148 Å². The van der Waals surface area contributed by atoms with Gasteiger partial charge in [0.1, 0.15) is 0 Å². The summed E-state index contributed by atoms with van der Waals surface area (Å²) in [6.07, 6.45) is 4.07. The number of hydrogen-bond donors (Lipinski definition) is 1. The summed E-state index contributed by atoms with van der Waals surface area (Å²) in [5.41, 5.74) is 2.89. The average Bonchev–Trinajstić information content (AvgIpc) is 3.12. The maximum Gasteiger partial charge on any atom is 0.322 e. The summed E-state index contributed by atoms with van der Waals surface area (Å²) in [6.45, 7) is 4.65. The van der Waals surface area contributed by atoms with E-state index < -0.39 is 0 Å². The fourth-order valence-corrected chi connectivity index (χ4v) is 3.79. The number of amides is 3. The number of rotatable bonds is 4. The lowest BCUT2D eigenvalue weighted by molar-refractivity contribution is -0.116. The highest BCUT2D eigenvalue weighted by molar-refractivity contribution is 5.95. The van der Waals surface area contributed by atoms with Crippen LogP contribution in [-0.4, -0.2) is 49.2 Å². The Morgan fingerprint density at radius 2 is 2.16 bits per heavy atom. The molecule has 0 radical (unpaired) electrons. The highest BCUT2D eigenvalue weighted by Gasteiger charge is 2.35. The van der Waals surface area contributed by atoms with Gasteiger partial charge in [0, 0.05) is 50.0 Å². The molecular weight excluding hydrogens is 318 g/mol. The first-order valence-electron chi connectivity index (χ1n) is 9.18. The van der Waals surface area contributed by atoms with Crippen LogP contribution in [0.4, 0.5) is 16.2 Å². The van der Waals surface area contributed by atoms with Crippen molar-refractivity contribution >= 4 is 23.3 Å². The van der Waals surface area contributed by atoms with Gasteiger partial charge in [0.15, 0.2) is 0 Å². The number of anilines is 2. The van der Waals surface area contributed by atoms with Crippen molar-refractivity contribution in [1.82, 2.24) is 4.90 Å². The summed E-state index contributed by atoms with van der Waals surface area (Å²) < 4.78 is 5.45. The third kappa shape index (κ3) is 3.49. The fourth-order valence-electron chi connectivity index (χ4n) is 3.79. The van der Waals surface area contributed by atoms with Crippen LogP contribution in [0.15, 0.2) is 18.2 Å². The van der Waals surface area contributed by atoms with Crippen LogP contribution in [0.2, 0.25) is 0 Å². The molecule has 1 aliphatic carbocycles. The molecule has 2 aliphatic heterocycles. The number of urea groups is 1. The number of hydrogen-bond acceptors (Lipinski definition) is 3. The molecule has 0 aromatic heterocycles. The number of carbonyl (C=O) groups is 2. The van der Waals surface area contributed by atoms with Crippen molar-refractivity contribution in [1.29, 1.82) is 0 Å². The SMILES string of the molecule is CC(=O)N1CCc2cc(NC(=O)N(C[C@@H]3CCOC3)C3CC3)ccc21. The average molecular weight is 343 g/mol. The van der Waals surface area contributed by atoms with E-state index in [2.05, 4.69) is 5.32 Å². The molecular formula is C19H25N3O3. The number of ether oxygens (including phenoxy) is 1. The molecule has 6 nitrogen and oxygen atoms in total. The molecule has 1 aromatic carbocycles. The zero-order valence-corrected chi connectivity index (χ0v) is 14.7. The van der Waals surface area contributed by atoms with Gasteiger partial charge in [0.2, 0.25) is 5.91 Å². The second-order valence-corrected chi connectivity index (χ2v) is 7.31. The minimum atomic E-state index is -0.0178. The number of fused-ring (bicyclic) bond motifs is 1. The van der Waals surface area contributed by atoms with Gasteiger partial charge in [-0.15, -0.1) is 0 Å². The van der Waals surface area contributed by atoms with Crippen LogP contribution in [0.3, 0.4) is 0 Å². The summed E-state index contributed by atoms with van der Waals surface area (Å²) in [4.78, 5) is 28.2. The summed E-state index contributed by atoms with van der Waals surface area (Å²) in [6, 6.07) is 6.19. The molecule has 134 valence electrons. The van der Waals surface area contributed by atoms with Gasteiger partial charge in [-0.1, -0.05) is 0 Å². The number of nitrogens with zero attached hydrogens (tertiary/aromatic N) is 2. The molecule has 1 saturated heterocycles. The normalized spacial score (nSPS) is 22.0. The van der Waals surface area contributed by atoms with Gasteiger partial charge >= 0.3 is 6.03 Å². The van der Waals surface area contributed by atoms with Gasteiger partial charge in [-0.2, -0.15) is 0 Å². The second kappa shape index (κ2) is 6.67. The van der Waals surface area contributed by atoms with Crippen molar-refractivity contribution in [3.05, 3.63) is 23.8 Å². The lowest BCUT2D eigenvalue weighted by Crippen LogP contribution is -2.40. The third-order valence-electron chi connectivity index (χ3n) is 5.33. The topological polar surface area (TPSA) is 61.9 Å². The Kier molecular flexibility index (Phi) is 4.37. The fraction of sp³-hybridized carbons (Fsp3) is 0.579. The predicted octanol–water partition coefficient (Wildman–Crippen LogP) is 2.63. The van der Waals surface area contributed by atoms with Gasteiger partial charge in [0.25, 0.3) is 0 Å². The zero-order valence-electron chi connectivity index (χ0n) is 14.7. The van der Waals surface area contributed by atoms with Gasteiger partial charge in [0.05, 0.1) is 6.61 Å². The van der Waals surface area contributed by atoms with Gasteiger partial charge in [-0.25, -0.2) is 4.79 Å². The highest BCUT2D eigenvalue weighted by atomic mass is 16.5. The monoisotopic (exact) mass is 343 g/mol. The minimum absolute atomic E-state index is 0.0178. The van der Waals surface area contributed by atoms with Gasteiger partial charge in [-0.3, -0.25) is 4.79 Å². The van der Waals surface area contributed by atoms with Crippen molar-refractivity contribution in [2.75, 3.05) is 36.5 Å². The summed E-state index contributed by atoms with van der Waals surface area (Å²) in [5, 5.41) is 3.05. The summed E-state index contributed by atoms with van der Waals surface area (Å²) in [7, 11) is 0. The van der Waals surface area contributed by atoms with Crippen molar-refractivity contribution in [3.8, 4) is 0 Å². The first-order chi connectivity index (χ1) is 12.1. The molecule has 1 aromatic rings.